The van der Waals surface area contributed by atoms with E-state index in [1.54, 1.807) is 43.5 Å². The summed E-state index contributed by atoms with van der Waals surface area (Å²) in [7, 11) is 2.93. The van der Waals surface area contributed by atoms with Crippen LogP contribution in [-0.4, -0.2) is 36.0 Å². The van der Waals surface area contributed by atoms with Gasteiger partial charge in [0.1, 0.15) is 28.7 Å². The number of benzene rings is 3. The molecule has 2 heterocycles. The SMILES string of the molecule is CNC(=O)c1c(-c2ccc(F)cc2)oc2ccc(-c3cc(C(=O)CC4(c5cccnn5)CC4)c(OC)cc3C)c(F)c12. The predicted octanol–water partition coefficient (Wildman–Crippen LogP) is 6.82. The maximum absolute atomic E-state index is 16.5. The third-order valence-corrected chi connectivity index (χ3v) is 7.96. The van der Waals surface area contributed by atoms with Crippen LogP contribution >= 0.6 is 0 Å². The minimum atomic E-state index is -0.673. The summed E-state index contributed by atoms with van der Waals surface area (Å²) in [6.07, 6.45) is 3.46. The van der Waals surface area contributed by atoms with E-state index in [1.807, 2.05) is 6.07 Å². The van der Waals surface area contributed by atoms with Crippen LogP contribution in [0.25, 0.3) is 33.4 Å². The predicted molar refractivity (Wildman–Crippen MR) is 154 cm³/mol. The van der Waals surface area contributed by atoms with Gasteiger partial charge in [0, 0.05) is 36.2 Å². The fourth-order valence-electron chi connectivity index (χ4n) is 5.52. The van der Waals surface area contributed by atoms with Gasteiger partial charge in [-0.3, -0.25) is 9.59 Å². The second-order valence-corrected chi connectivity index (χ2v) is 10.5. The third kappa shape index (κ3) is 4.60. The van der Waals surface area contributed by atoms with Gasteiger partial charge in [-0.1, -0.05) is 0 Å². The van der Waals surface area contributed by atoms with Gasteiger partial charge in [0.15, 0.2) is 5.78 Å². The molecule has 0 aliphatic heterocycles. The summed E-state index contributed by atoms with van der Waals surface area (Å²) >= 11 is 0. The van der Waals surface area contributed by atoms with E-state index in [2.05, 4.69) is 15.5 Å². The average molecular weight is 568 g/mol. The van der Waals surface area contributed by atoms with Crippen LogP contribution in [0.3, 0.4) is 0 Å². The fraction of sp³-hybridized carbons (Fsp3) is 0.212. The number of carbonyl (C=O) groups excluding carboxylic acids is 2. The Morgan fingerprint density at radius 1 is 1.05 bits per heavy atom. The molecule has 3 aromatic carbocycles. The van der Waals surface area contributed by atoms with E-state index in [1.165, 1.54) is 38.4 Å². The number of fused-ring (bicyclic) bond motifs is 1. The molecule has 1 fully saturated rings. The van der Waals surface area contributed by atoms with Crippen LogP contribution in [0.5, 0.6) is 5.75 Å². The lowest BCUT2D eigenvalue weighted by Crippen LogP contribution is -2.18. The first-order valence-corrected chi connectivity index (χ1v) is 13.5. The Kier molecular flexibility index (Phi) is 6.80. The first-order valence-electron chi connectivity index (χ1n) is 13.5. The largest absolute Gasteiger partial charge is 0.496 e. The summed E-state index contributed by atoms with van der Waals surface area (Å²) in [6, 6.07) is 15.6. The van der Waals surface area contributed by atoms with Gasteiger partial charge in [0.2, 0.25) is 0 Å². The summed E-state index contributed by atoms with van der Waals surface area (Å²) in [4.78, 5) is 26.7. The maximum atomic E-state index is 16.5. The van der Waals surface area contributed by atoms with Crippen LogP contribution < -0.4 is 10.1 Å². The number of hydrogen-bond acceptors (Lipinski definition) is 6. The summed E-state index contributed by atoms with van der Waals surface area (Å²) in [5, 5.41) is 10.8. The zero-order valence-electron chi connectivity index (χ0n) is 23.3. The number of Topliss-reactive ketones (excluding diaryl/α,β-unsaturated/α-hetero) is 1. The zero-order chi connectivity index (χ0) is 29.6. The van der Waals surface area contributed by atoms with Gasteiger partial charge in [-0.2, -0.15) is 10.2 Å². The third-order valence-electron chi connectivity index (χ3n) is 7.96. The smallest absolute Gasteiger partial charge is 0.255 e. The van der Waals surface area contributed by atoms with Crippen molar-refractivity contribution in [1.82, 2.24) is 15.5 Å². The number of furan rings is 1. The number of nitrogens with zero attached hydrogens (tertiary/aromatic N) is 2. The molecule has 0 unspecified atom stereocenters. The second-order valence-electron chi connectivity index (χ2n) is 10.5. The first kappa shape index (κ1) is 27.3. The summed E-state index contributed by atoms with van der Waals surface area (Å²) in [6.45, 7) is 1.80. The normalized spacial score (nSPS) is 13.6. The number of methoxy groups -OCH3 is 1. The lowest BCUT2D eigenvalue weighted by atomic mass is 9.89. The Hall–Kier alpha value is -4.92. The molecule has 1 aliphatic rings. The van der Waals surface area contributed by atoms with Crippen LogP contribution in [-0.2, 0) is 5.41 Å². The van der Waals surface area contributed by atoms with Crippen molar-refractivity contribution in [2.24, 2.45) is 0 Å². The van der Waals surface area contributed by atoms with Gasteiger partial charge in [-0.25, -0.2) is 8.78 Å². The number of rotatable bonds is 8. The van der Waals surface area contributed by atoms with Crippen molar-refractivity contribution in [3.05, 3.63) is 101 Å². The molecule has 1 saturated carbocycles. The molecule has 1 aliphatic carbocycles. The molecule has 42 heavy (non-hydrogen) atoms. The van der Waals surface area contributed by atoms with Gasteiger partial charge >= 0.3 is 0 Å². The van der Waals surface area contributed by atoms with Crippen LogP contribution in [0.4, 0.5) is 8.78 Å². The van der Waals surface area contributed by atoms with Crippen LogP contribution in [0.15, 0.2) is 71.3 Å². The van der Waals surface area contributed by atoms with E-state index in [0.29, 0.717) is 28.0 Å². The monoisotopic (exact) mass is 567 g/mol. The average Bonchev–Trinajstić information content (AvgIpc) is 3.68. The van der Waals surface area contributed by atoms with E-state index < -0.39 is 17.5 Å². The fourth-order valence-corrected chi connectivity index (χ4v) is 5.52. The van der Waals surface area contributed by atoms with E-state index >= 15 is 4.39 Å². The molecule has 7 nitrogen and oxygen atoms in total. The van der Waals surface area contributed by atoms with Crippen molar-refractivity contribution in [2.45, 2.75) is 31.6 Å². The molecule has 2 aromatic heterocycles. The van der Waals surface area contributed by atoms with E-state index in [4.69, 9.17) is 9.15 Å². The van der Waals surface area contributed by atoms with Gasteiger partial charge in [0.25, 0.3) is 5.91 Å². The Bertz CT molecular complexity index is 1850. The molecule has 0 saturated heterocycles. The lowest BCUT2D eigenvalue weighted by Gasteiger charge is -2.17. The topological polar surface area (TPSA) is 94.3 Å². The van der Waals surface area contributed by atoms with Gasteiger partial charge < -0.3 is 14.5 Å². The van der Waals surface area contributed by atoms with Crippen LogP contribution in [0.1, 0.15) is 51.2 Å². The Balaban J connectivity index is 1.47. The van der Waals surface area contributed by atoms with Crippen molar-refractivity contribution in [2.75, 3.05) is 14.2 Å². The molecular weight excluding hydrogens is 540 g/mol. The van der Waals surface area contributed by atoms with Crippen molar-refractivity contribution in [3.8, 4) is 28.2 Å². The Labute approximate surface area is 240 Å². The van der Waals surface area contributed by atoms with Crippen molar-refractivity contribution in [3.63, 3.8) is 0 Å². The molecule has 0 atom stereocenters. The quantitative estimate of drug-likeness (QED) is 0.207. The number of aryl methyl sites for hydroxylation is 1. The summed E-state index contributed by atoms with van der Waals surface area (Å²) in [5.41, 5.74) is 2.69. The van der Waals surface area contributed by atoms with E-state index in [9.17, 15) is 14.0 Å². The molecule has 0 radical (unpaired) electrons. The van der Waals surface area contributed by atoms with E-state index in [0.717, 1.165) is 18.5 Å². The summed E-state index contributed by atoms with van der Waals surface area (Å²) in [5.74, 6) is -1.30. The molecule has 5 aromatic rings. The summed E-state index contributed by atoms with van der Waals surface area (Å²) < 4.78 is 41.6. The molecule has 212 valence electrons. The minimum absolute atomic E-state index is 0.000526. The molecule has 6 rings (SSSR count). The highest BCUT2D eigenvalue weighted by molar-refractivity contribution is 6.12. The zero-order valence-corrected chi connectivity index (χ0v) is 23.3. The van der Waals surface area contributed by atoms with Gasteiger partial charge in [-0.15, -0.1) is 0 Å². The number of ketones is 1. The Morgan fingerprint density at radius 2 is 1.81 bits per heavy atom. The number of ether oxygens (including phenoxy) is 1. The number of aromatic nitrogens is 2. The van der Waals surface area contributed by atoms with Crippen molar-refractivity contribution in [1.29, 1.82) is 0 Å². The molecule has 1 N–H and O–H groups in total. The minimum Gasteiger partial charge on any atom is -0.496 e. The first-order chi connectivity index (χ1) is 20.3. The highest BCUT2D eigenvalue weighted by Crippen LogP contribution is 2.51. The van der Waals surface area contributed by atoms with Crippen LogP contribution in [0.2, 0.25) is 0 Å². The number of hydrogen-bond donors (Lipinski definition) is 1. The highest BCUT2D eigenvalue weighted by Gasteiger charge is 2.47. The number of halogens is 2. The van der Waals surface area contributed by atoms with Crippen molar-refractivity contribution < 1.29 is 27.5 Å². The standard InChI is InChI=1S/C33H27F2N3O4/c1-18-15-26(41-3)23(24(39)17-33(12-13-33)27-5-4-14-37-38-27)16-22(18)21-10-11-25-28(30(21)35)29(32(40)36-2)31(42-25)19-6-8-20(34)9-7-19/h4-11,14-16H,12-13,17H2,1-3H3,(H,36,40). The van der Waals surface area contributed by atoms with E-state index in [-0.39, 0.29) is 45.5 Å². The molecular formula is C33H27F2N3O4. The van der Waals surface area contributed by atoms with Gasteiger partial charge in [0.05, 0.1) is 29.3 Å². The van der Waals surface area contributed by atoms with Gasteiger partial charge in [-0.05, 0) is 91.6 Å². The highest BCUT2D eigenvalue weighted by atomic mass is 19.1. The van der Waals surface area contributed by atoms with Crippen LogP contribution in [0, 0.1) is 18.6 Å². The number of carbonyl (C=O) groups is 2. The molecule has 1 amide bonds. The van der Waals surface area contributed by atoms with Crippen molar-refractivity contribution >= 4 is 22.7 Å². The molecule has 0 bridgehead atoms. The maximum Gasteiger partial charge on any atom is 0.255 e. The molecule has 0 spiro atoms. The second kappa shape index (κ2) is 10.5. The number of amides is 1. The number of nitrogens with one attached hydrogen (secondary N) is 1. The lowest BCUT2D eigenvalue weighted by molar-refractivity contribution is 0.0957. The molecule has 9 heteroatoms. The Morgan fingerprint density at radius 3 is 2.45 bits per heavy atom.